The molecule has 5 heteroatoms. The highest BCUT2D eigenvalue weighted by Gasteiger charge is 2.07. The van der Waals surface area contributed by atoms with Crippen molar-refractivity contribution in [1.82, 2.24) is 15.1 Å². The quantitative estimate of drug-likeness (QED) is 0.691. The van der Waals surface area contributed by atoms with E-state index in [0.29, 0.717) is 31.8 Å². The lowest BCUT2D eigenvalue weighted by molar-refractivity contribution is 0.199. The zero-order chi connectivity index (χ0) is 10.4. The Morgan fingerprint density at radius 3 is 3.00 bits per heavy atom. The van der Waals surface area contributed by atoms with E-state index in [1.807, 2.05) is 6.92 Å². The third-order valence-corrected chi connectivity index (χ3v) is 1.94. The second-order valence-corrected chi connectivity index (χ2v) is 2.95. The highest BCUT2D eigenvalue weighted by Crippen LogP contribution is 2.05. The Balaban J connectivity index is 2.39. The lowest BCUT2D eigenvalue weighted by Crippen LogP contribution is -2.19. The van der Waals surface area contributed by atoms with Crippen molar-refractivity contribution in [3.05, 3.63) is 17.7 Å². The fourth-order valence-electron chi connectivity index (χ4n) is 1.15. The summed E-state index contributed by atoms with van der Waals surface area (Å²) in [5.74, 6) is -0.252. The molecule has 0 fully saturated rings. The van der Waals surface area contributed by atoms with Crippen molar-refractivity contribution in [2.75, 3.05) is 20.3 Å². The number of nitrogens with zero attached hydrogens (tertiary/aromatic N) is 2. The second-order valence-electron chi connectivity index (χ2n) is 2.95. The summed E-state index contributed by atoms with van der Waals surface area (Å²) in [5, 5.41) is 6.97. The molecule has 0 spiro atoms. The Bertz CT molecular complexity index is 275. The molecule has 0 radical (unpaired) electrons. The van der Waals surface area contributed by atoms with Crippen LogP contribution in [0.5, 0.6) is 0 Å². The molecule has 0 saturated carbocycles. The van der Waals surface area contributed by atoms with Gasteiger partial charge in [-0.05, 0) is 6.92 Å². The molecule has 4 nitrogen and oxygen atoms in total. The van der Waals surface area contributed by atoms with Gasteiger partial charge >= 0.3 is 0 Å². The van der Waals surface area contributed by atoms with E-state index in [4.69, 9.17) is 4.74 Å². The van der Waals surface area contributed by atoms with Gasteiger partial charge in [-0.2, -0.15) is 9.49 Å². The first-order chi connectivity index (χ1) is 6.79. The third kappa shape index (κ3) is 2.78. The number of hydrogen-bond acceptors (Lipinski definition) is 3. The van der Waals surface area contributed by atoms with Crippen LogP contribution in [-0.2, 0) is 17.8 Å². The molecule has 0 aliphatic heterocycles. The summed E-state index contributed by atoms with van der Waals surface area (Å²) in [6.07, 6.45) is 1.55. The molecule has 0 aliphatic rings. The predicted molar refractivity (Wildman–Crippen MR) is 51.4 cm³/mol. The van der Waals surface area contributed by atoms with Gasteiger partial charge in [-0.3, -0.25) is 0 Å². The number of halogens is 1. The maximum Gasteiger partial charge on any atom is 0.215 e. The predicted octanol–water partition coefficient (Wildman–Crippen LogP) is 0.778. The van der Waals surface area contributed by atoms with E-state index in [0.717, 1.165) is 0 Å². The summed E-state index contributed by atoms with van der Waals surface area (Å²) in [6.45, 7) is 4.26. The van der Waals surface area contributed by atoms with Gasteiger partial charge in [-0.1, -0.05) is 0 Å². The number of hydrogen-bond donors (Lipinski definition) is 1. The molecule has 0 bridgehead atoms. The molecule has 1 aromatic rings. The van der Waals surface area contributed by atoms with E-state index < -0.39 is 0 Å². The minimum atomic E-state index is -0.252. The SMILES string of the molecule is CCn1ncc(CNCCOC)c1F. The van der Waals surface area contributed by atoms with Crippen molar-refractivity contribution in [2.45, 2.75) is 20.0 Å². The molecule has 14 heavy (non-hydrogen) atoms. The number of aryl methyl sites for hydroxylation is 1. The highest BCUT2D eigenvalue weighted by atomic mass is 19.1. The molecule has 1 aromatic heterocycles. The number of aromatic nitrogens is 2. The van der Waals surface area contributed by atoms with Crippen LogP contribution in [0.15, 0.2) is 6.20 Å². The number of ether oxygens (including phenoxy) is 1. The van der Waals surface area contributed by atoms with Crippen LogP contribution in [0.2, 0.25) is 0 Å². The first kappa shape index (κ1) is 11.1. The van der Waals surface area contributed by atoms with E-state index in [1.165, 1.54) is 4.68 Å². The van der Waals surface area contributed by atoms with Gasteiger partial charge in [0, 0.05) is 32.3 Å². The smallest absolute Gasteiger partial charge is 0.215 e. The van der Waals surface area contributed by atoms with Crippen LogP contribution in [0, 0.1) is 5.95 Å². The van der Waals surface area contributed by atoms with Crippen molar-refractivity contribution in [1.29, 1.82) is 0 Å². The number of nitrogens with one attached hydrogen (secondary N) is 1. The summed E-state index contributed by atoms with van der Waals surface area (Å²) in [7, 11) is 1.64. The van der Waals surface area contributed by atoms with Crippen LogP contribution in [0.1, 0.15) is 12.5 Å². The fraction of sp³-hybridized carbons (Fsp3) is 0.667. The Morgan fingerprint density at radius 2 is 2.43 bits per heavy atom. The molecule has 1 rings (SSSR count). The molecule has 1 heterocycles. The average molecular weight is 201 g/mol. The summed E-state index contributed by atoms with van der Waals surface area (Å²) in [5.41, 5.74) is 0.600. The Labute approximate surface area is 83.1 Å². The molecular formula is C9H16FN3O. The van der Waals surface area contributed by atoms with Gasteiger partial charge in [0.15, 0.2) is 0 Å². The van der Waals surface area contributed by atoms with E-state index in [2.05, 4.69) is 10.4 Å². The summed E-state index contributed by atoms with van der Waals surface area (Å²) < 4.78 is 19.6. The van der Waals surface area contributed by atoms with Gasteiger partial charge in [0.05, 0.1) is 12.8 Å². The van der Waals surface area contributed by atoms with Gasteiger partial charge in [0.2, 0.25) is 5.95 Å². The van der Waals surface area contributed by atoms with Crippen molar-refractivity contribution in [2.24, 2.45) is 0 Å². The minimum Gasteiger partial charge on any atom is -0.383 e. The average Bonchev–Trinajstić information content (AvgIpc) is 2.55. The van der Waals surface area contributed by atoms with Gasteiger partial charge in [0.25, 0.3) is 0 Å². The molecule has 80 valence electrons. The zero-order valence-corrected chi connectivity index (χ0v) is 8.59. The fourth-order valence-corrected chi connectivity index (χ4v) is 1.15. The van der Waals surface area contributed by atoms with Crippen LogP contribution >= 0.6 is 0 Å². The largest absolute Gasteiger partial charge is 0.383 e. The minimum absolute atomic E-state index is 0.252. The molecule has 0 unspecified atom stereocenters. The molecular weight excluding hydrogens is 185 g/mol. The van der Waals surface area contributed by atoms with Crippen molar-refractivity contribution in [3.63, 3.8) is 0 Å². The first-order valence-electron chi connectivity index (χ1n) is 4.69. The lowest BCUT2D eigenvalue weighted by Gasteiger charge is -2.02. The van der Waals surface area contributed by atoms with Crippen LogP contribution in [0.3, 0.4) is 0 Å². The molecule has 0 aliphatic carbocycles. The monoisotopic (exact) mass is 201 g/mol. The third-order valence-electron chi connectivity index (χ3n) is 1.94. The summed E-state index contributed by atoms with van der Waals surface area (Å²) in [4.78, 5) is 0. The van der Waals surface area contributed by atoms with Crippen molar-refractivity contribution in [3.8, 4) is 0 Å². The summed E-state index contributed by atoms with van der Waals surface area (Å²) in [6, 6.07) is 0. The molecule has 1 N–H and O–H groups in total. The standard InChI is InChI=1S/C9H16FN3O/c1-3-13-9(10)8(7-12-13)6-11-4-5-14-2/h7,11H,3-6H2,1-2H3. The van der Waals surface area contributed by atoms with E-state index >= 15 is 0 Å². The van der Waals surface area contributed by atoms with E-state index in [9.17, 15) is 4.39 Å². The van der Waals surface area contributed by atoms with E-state index in [1.54, 1.807) is 13.3 Å². The maximum absolute atomic E-state index is 13.4. The topological polar surface area (TPSA) is 39.1 Å². The maximum atomic E-state index is 13.4. The molecule has 0 amide bonds. The van der Waals surface area contributed by atoms with Crippen molar-refractivity contribution < 1.29 is 9.13 Å². The summed E-state index contributed by atoms with van der Waals surface area (Å²) >= 11 is 0. The second kappa shape index (κ2) is 5.72. The highest BCUT2D eigenvalue weighted by molar-refractivity contribution is 5.06. The van der Waals surface area contributed by atoms with Crippen LogP contribution < -0.4 is 5.32 Å². The van der Waals surface area contributed by atoms with Crippen LogP contribution in [0.4, 0.5) is 4.39 Å². The Hall–Kier alpha value is -0.940. The van der Waals surface area contributed by atoms with Crippen molar-refractivity contribution >= 4 is 0 Å². The number of methoxy groups -OCH3 is 1. The van der Waals surface area contributed by atoms with Crippen LogP contribution in [-0.4, -0.2) is 30.0 Å². The Morgan fingerprint density at radius 1 is 1.64 bits per heavy atom. The lowest BCUT2D eigenvalue weighted by atomic mass is 10.3. The van der Waals surface area contributed by atoms with Crippen LogP contribution in [0.25, 0.3) is 0 Å². The Kier molecular flexibility index (Phi) is 4.55. The molecule has 0 aromatic carbocycles. The van der Waals surface area contributed by atoms with E-state index in [-0.39, 0.29) is 5.95 Å². The zero-order valence-electron chi connectivity index (χ0n) is 8.59. The first-order valence-corrected chi connectivity index (χ1v) is 4.69. The van der Waals surface area contributed by atoms with Gasteiger partial charge < -0.3 is 10.1 Å². The van der Waals surface area contributed by atoms with Gasteiger partial charge in [-0.15, -0.1) is 0 Å². The molecule has 0 atom stereocenters. The van der Waals surface area contributed by atoms with Gasteiger partial charge in [0.1, 0.15) is 0 Å². The number of rotatable bonds is 6. The molecule has 0 saturated heterocycles. The normalized spacial score (nSPS) is 10.8. The van der Waals surface area contributed by atoms with Gasteiger partial charge in [-0.25, -0.2) is 4.68 Å².